The van der Waals surface area contributed by atoms with Crippen LogP contribution in [0.3, 0.4) is 0 Å². The Morgan fingerprint density at radius 1 is 1.10 bits per heavy atom. The Bertz CT molecular complexity index is 992. The number of hydrogen-bond acceptors (Lipinski definition) is 4. The molecule has 0 bridgehead atoms. The monoisotopic (exact) mass is 406 g/mol. The number of carbonyl (C=O) groups is 3. The van der Waals surface area contributed by atoms with Crippen molar-refractivity contribution in [1.82, 2.24) is 10.2 Å². The number of hydrogen-bond donors (Lipinski definition) is 2. The molecule has 2 amide bonds. The molecule has 0 aromatic heterocycles. The quantitative estimate of drug-likeness (QED) is 0.744. The molecule has 0 saturated heterocycles. The first-order chi connectivity index (χ1) is 14.4. The number of ether oxygens (including phenoxy) is 1. The minimum Gasteiger partial charge on any atom is -0.480 e. The van der Waals surface area contributed by atoms with E-state index in [9.17, 15) is 14.4 Å². The molecule has 7 nitrogen and oxygen atoms in total. The van der Waals surface area contributed by atoms with Crippen LogP contribution < -0.4 is 5.32 Å². The molecule has 2 aromatic rings. The number of nitrogens with zero attached hydrogens (tertiary/aromatic N) is 1. The largest absolute Gasteiger partial charge is 0.480 e. The van der Waals surface area contributed by atoms with Crippen molar-refractivity contribution in [3.63, 3.8) is 0 Å². The lowest BCUT2D eigenvalue weighted by molar-refractivity contribution is -0.146. The number of carboxylic acids is 1. The Morgan fingerprint density at radius 2 is 1.67 bits per heavy atom. The van der Waals surface area contributed by atoms with Crippen LogP contribution in [0.4, 0.5) is 4.79 Å². The molecule has 0 fully saturated rings. The fraction of sp³-hybridized carbons (Fsp3) is 0.261. The van der Waals surface area contributed by atoms with Crippen LogP contribution in [0.5, 0.6) is 0 Å². The first kappa shape index (κ1) is 20.9. The second-order valence-corrected chi connectivity index (χ2v) is 6.91. The maximum atomic E-state index is 12.0. The zero-order valence-corrected chi connectivity index (χ0v) is 16.7. The molecule has 3 rings (SSSR count). The molecule has 1 unspecified atom stereocenters. The van der Waals surface area contributed by atoms with E-state index in [0.717, 1.165) is 27.2 Å². The molecule has 0 aliphatic heterocycles. The van der Waals surface area contributed by atoms with Gasteiger partial charge in [-0.25, -0.2) is 9.59 Å². The van der Waals surface area contributed by atoms with Gasteiger partial charge in [0.2, 0.25) is 0 Å². The van der Waals surface area contributed by atoms with Gasteiger partial charge in [-0.1, -0.05) is 54.5 Å². The molecule has 1 aliphatic rings. The second kappa shape index (κ2) is 9.14. The number of fused-ring (bicyclic) bond motifs is 3. The molecule has 1 aliphatic carbocycles. The van der Waals surface area contributed by atoms with Gasteiger partial charge in [0.25, 0.3) is 5.91 Å². The summed E-state index contributed by atoms with van der Waals surface area (Å²) in [6, 6.07) is 15.1. The molecule has 154 valence electrons. The predicted octanol–water partition coefficient (Wildman–Crippen LogP) is 2.46. The number of carbonyl (C=O) groups excluding carboxylic acids is 2. The number of amides is 2. The van der Waals surface area contributed by atoms with Crippen molar-refractivity contribution in [3.8, 4) is 23.0 Å². The van der Waals surface area contributed by atoms with Crippen LogP contribution in [-0.4, -0.2) is 54.2 Å². The normalized spacial score (nSPS) is 12.6. The first-order valence-corrected chi connectivity index (χ1v) is 9.47. The Morgan fingerprint density at radius 3 is 2.23 bits per heavy atom. The summed E-state index contributed by atoms with van der Waals surface area (Å²) >= 11 is 0. The van der Waals surface area contributed by atoms with Crippen LogP contribution in [0.1, 0.15) is 24.0 Å². The number of alkyl carbamates (subject to hydrolysis) is 1. The lowest BCUT2D eigenvalue weighted by atomic mass is 9.98. The van der Waals surface area contributed by atoms with E-state index in [-0.39, 0.29) is 19.1 Å². The van der Waals surface area contributed by atoms with Gasteiger partial charge < -0.3 is 20.1 Å². The van der Waals surface area contributed by atoms with E-state index >= 15 is 0 Å². The summed E-state index contributed by atoms with van der Waals surface area (Å²) in [6.07, 6.45) is -0.633. The van der Waals surface area contributed by atoms with Gasteiger partial charge in [0.1, 0.15) is 12.6 Å². The maximum absolute atomic E-state index is 12.0. The number of likely N-dealkylation sites (N-methyl/N-ethyl adjacent to an activating group) is 1. The van der Waals surface area contributed by atoms with Crippen molar-refractivity contribution in [2.75, 3.05) is 20.2 Å². The van der Waals surface area contributed by atoms with Crippen molar-refractivity contribution in [2.45, 2.75) is 18.9 Å². The third-order valence-electron chi connectivity index (χ3n) is 5.12. The van der Waals surface area contributed by atoms with Gasteiger partial charge in [0.15, 0.2) is 0 Å². The number of aliphatic carboxylic acids is 1. The van der Waals surface area contributed by atoms with Crippen molar-refractivity contribution in [2.24, 2.45) is 0 Å². The first-order valence-electron chi connectivity index (χ1n) is 9.47. The van der Waals surface area contributed by atoms with E-state index in [0.29, 0.717) is 0 Å². The van der Waals surface area contributed by atoms with E-state index in [1.54, 1.807) is 0 Å². The summed E-state index contributed by atoms with van der Waals surface area (Å²) in [5.41, 5.74) is 4.53. The molecule has 2 N–H and O–H groups in total. The second-order valence-electron chi connectivity index (χ2n) is 6.91. The third-order valence-corrected chi connectivity index (χ3v) is 5.12. The summed E-state index contributed by atoms with van der Waals surface area (Å²) in [5.74, 6) is 3.00. The lowest BCUT2D eigenvalue weighted by Crippen LogP contribution is -2.39. The zero-order chi connectivity index (χ0) is 21.7. The van der Waals surface area contributed by atoms with Crippen LogP contribution in [0.15, 0.2) is 48.5 Å². The number of carboxylic acid groups (broad SMARTS) is 1. The minimum absolute atomic E-state index is 0.0398. The van der Waals surface area contributed by atoms with Gasteiger partial charge in [-0.05, 0) is 35.1 Å². The molecular formula is C23H22N2O5. The molecule has 2 aromatic carbocycles. The highest BCUT2D eigenvalue weighted by Gasteiger charge is 2.28. The van der Waals surface area contributed by atoms with Crippen LogP contribution in [0.2, 0.25) is 0 Å². The van der Waals surface area contributed by atoms with Crippen molar-refractivity contribution in [3.05, 3.63) is 59.7 Å². The summed E-state index contributed by atoms with van der Waals surface area (Å²) < 4.78 is 5.37. The number of rotatable bonds is 5. The van der Waals surface area contributed by atoms with E-state index in [1.807, 2.05) is 36.4 Å². The lowest BCUT2D eigenvalue weighted by Gasteiger charge is -2.18. The molecule has 30 heavy (non-hydrogen) atoms. The third kappa shape index (κ3) is 4.44. The minimum atomic E-state index is -1.12. The van der Waals surface area contributed by atoms with Crippen molar-refractivity contribution >= 4 is 18.0 Å². The van der Waals surface area contributed by atoms with Crippen LogP contribution in [0.25, 0.3) is 11.1 Å². The summed E-state index contributed by atoms with van der Waals surface area (Å²) in [6.45, 7) is 1.49. The van der Waals surface area contributed by atoms with E-state index in [1.165, 1.54) is 14.0 Å². The highest BCUT2D eigenvalue weighted by molar-refractivity contribution is 5.95. The fourth-order valence-corrected chi connectivity index (χ4v) is 3.32. The molecule has 0 heterocycles. The molecule has 7 heteroatoms. The Balaban J connectivity index is 1.53. The molecule has 0 saturated carbocycles. The number of benzene rings is 2. The van der Waals surface area contributed by atoms with Gasteiger partial charge in [-0.3, -0.25) is 4.79 Å². The topological polar surface area (TPSA) is 95.9 Å². The standard InChI is InChI=1S/C23H22N2O5/c1-15(22(27)28)25(2)21(26)12-7-13-24-23(29)30-14-20-18-10-5-3-8-16(18)17-9-4-6-11-19(17)20/h3-6,8-11,15,20H,13-14H2,1-2H3,(H,24,29)(H,27,28). The van der Waals surface area contributed by atoms with Crippen molar-refractivity contribution in [1.29, 1.82) is 0 Å². The highest BCUT2D eigenvalue weighted by Crippen LogP contribution is 2.44. The predicted molar refractivity (Wildman–Crippen MR) is 111 cm³/mol. The maximum Gasteiger partial charge on any atom is 0.407 e. The van der Waals surface area contributed by atoms with Gasteiger partial charge in [0.05, 0.1) is 6.54 Å². The Hall–Kier alpha value is -3.79. The Labute approximate surface area is 174 Å². The van der Waals surface area contributed by atoms with Crippen LogP contribution in [-0.2, 0) is 14.3 Å². The Kier molecular flexibility index (Phi) is 6.38. The SMILES string of the molecule is CC(C(=O)O)N(C)C(=O)C#CCNC(=O)OCC1c2ccccc2-c2ccccc21. The highest BCUT2D eigenvalue weighted by atomic mass is 16.5. The van der Waals surface area contributed by atoms with Gasteiger partial charge >= 0.3 is 12.1 Å². The summed E-state index contributed by atoms with van der Waals surface area (Å²) in [7, 11) is 1.36. The fourth-order valence-electron chi connectivity index (χ4n) is 3.32. The molecule has 1 atom stereocenters. The van der Waals surface area contributed by atoms with Crippen molar-refractivity contribution < 1.29 is 24.2 Å². The van der Waals surface area contributed by atoms with Gasteiger partial charge in [-0.15, -0.1) is 0 Å². The summed E-state index contributed by atoms with van der Waals surface area (Å²) in [4.78, 5) is 35.7. The van der Waals surface area contributed by atoms with E-state index in [2.05, 4.69) is 29.3 Å². The molecule has 0 radical (unpaired) electrons. The average molecular weight is 406 g/mol. The van der Waals surface area contributed by atoms with Gasteiger partial charge in [0, 0.05) is 13.0 Å². The van der Waals surface area contributed by atoms with E-state index in [4.69, 9.17) is 9.84 Å². The van der Waals surface area contributed by atoms with Crippen LogP contribution in [0, 0.1) is 11.8 Å². The van der Waals surface area contributed by atoms with Gasteiger partial charge in [-0.2, -0.15) is 0 Å². The molecule has 0 spiro atoms. The summed E-state index contributed by atoms with van der Waals surface area (Å²) in [5, 5.41) is 11.4. The van der Waals surface area contributed by atoms with Crippen LogP contribution >= 0.6 is 0 Å². The zero-order valence-electron chi connectivity index (χ0n) is 16.7. The average Bonchev–Trinajstić information content (AvgIpc) is 3.07. The molecular weight excluding hydrogens is 384 g/mol. The number of nitrogens with one attached hydrogen (secondary N) is 1. The van der Waals surface area contributed by atoms with E-state index < -0.39 is 24.0 Å². The smallest absolute Gasteiger partial charge is 0.407 e.